The summed E-state index contributed by atoms with van der Waals surface area (Å²) in [5, 5.41) is 7.61. The normalized spacial score (nSPS) is 10.1. The smallest absolute Gasteiger partial charge is 0.131 e. The number of hydrogen-bond donors (Lipinski definition) is 2. The third-order valence-corrected chi connectivity index (χ3v) is 3.43. The fourth-order valence-corrected chi connectivity index (χ4v) is 2.37. The van der Waals surface area contributed by atoms with Crippen LogP contribution in [0.3, 0.4) is 0 Å². The molecule has 0 bridgehead atoms. The van der Waals surface area contributed by atoms with Gasteiger partial charge in [0.15, 0.2) is 0 Å². The lowest BCUT2D eigenvalue weighted by atomic mass is 10.2. The third kappa shape index (κ3) is 3.30. The second-order valence-corrected chi connectivity index (χ2v) is 5.02. The molecule has 0 aliphatic carbocycles. The van der Waals surface area contributed by atoms with E-state index >= 15 is 0 Å². The van der Waals surface area contributed by atoms with Crippen LogP contribution in [0, 0.1) is 5.41 Å². The molecule has 0 unspecified atom stereocenters. The van der Waals surface area contributed by atoms with Gasteiger partial charge in [-0.05, 0) is 45.8 Å². The second kappa shape index (κ2) is 6.43. The predicted molar refractivity (Wildman–Crippen MR) is 82.5 cm³/mol. The number of methoxy groups -OCH3 is 1. The van der Waals surface area contributed by atoms with Crippen molar-refractivity contribution in [3.8, 4) is 11.5 Å². The number of nitrogens with two attached hydrogens (primary N) is 1. The lowest BCUT2D eigenvalue weighted by molar-refractivity contribution is 0.304. The minimum absolute atomic E-state index is 0.0295. The number of benzene rings is 2. The summed E-state index contributed by atoms with van der Waals surface area (Å²) in [7, 11) is 1.63. The summed E-state index contributed by atoms with van der Waals surface area (Å²) >= 11 is 3.38. The average molecular weight is 335 g/mol. The van der Waals surface area contributed by atoms with Gasteiger partial charge in [0.05, 0.1) is 12.7 Å². The number of ether oxygens (including phenoxy) is 2. The van der Waals surface area contributed by atoms with Crippen LogP contribution in [0.5, 0.6) is 11.5 Å². The molecule has 2 rings (SSSR count). The molecule has 3 N–H and O–H groups in total. The predicted octanol–water partition coefficient (Wildman–Crippen LogP) is 3.32. The number of nitrogen functional groups attached to an aromatic ring is 1. The maximum Gasteiger partial charge on any atom is 0.131 e. The van der Waals surface area contributed by atoms with Crippen LogP contribution in [0.4, 0.5) is 0 Å². The Morgan fingerprint density at radius 2 is 2.00 bits per heavy atom. The molecule has 20 heavy (non-hydrogen) atoms. The first kappa shape index (κ1) is 14.4. The van der Waals surface area contributed by atoms with E-state index in [1.165, 1.54) is 0 Å². The molecule has 4 nitrogen and oxygen atoms in total. The van der Waals surface area contributed by atoms with Crippen LogP contribution in [0.2, 0.25) is 0 Å². The Balaban J connectivity index is 2.18. The van der Waals surface area contributed by atoms with Crippen molar-refractivity contribution in [2.24, 2.45) is 5.73 Å². The minimum atomic E-state index is -0.0295. The van der Waals surface area contributed by atoms with Crippen LogP contribution in [-0.4, -0.2) is 12.9 Å². The van der Waals surface area contributed by atoms with Gasteiger partial charge in [0.25, 0.3) is 0 Å². The molecule has 0 aromatic heterocycles. The summed E-state index contributed by atoms with van der Waals surface area (Å²) in [5.74, 6) is 1.33. The van der Waals surface area contributed by atoms with Gasteiger partial charge in [0.1, 0.15) is 23.9 Å². The van der Waals surface area contributed by atoms with Crippen molar-refractivity contribution in [3.63, 3.8) is 0 Å². The van der Waals surface area contributed by atoms with Gasteiger partial charge < -0.3 is 15.2 Å². The summed E-state index contributed by atoms with van der Waals surface area (Å²) in [6, 6.07) is 13.1. The topological polar surface area (TPSA) is 68.3 Å². The van der Waals surface area contributed by atoms with E-state index in [0.717, 1.165) is 15.8 Å². The van der Waals surface area contributed by atoms with Gasteiger partial charge in [-0.15, -0.1) is 0 Å². The van der Waals surface area contributed by atoms with Gasteiger partial charge in [-0.25, -0.2) is 0 Å². The van der Waals surface area contributed by atoms with Crippen molar-refractivity contribution in [1.29, 1.82) is 5.41 Å². The van der Waals surface area contributed by atoms with Gasteiger partial charge in [0.2, 0.25) is 0 Å². The first-order valence-electron chi connectivity index (χ1n) is 6.00. The molecule has 0 radical (unpaired) electrons. The van der Waals surface area contributed by atoms with Gasteiger partial charge in [0, 0.05) is 4.47 Å². The molecule has 104 valence electrons. The molecule has 0 aliphatic rings. The van der Waals surface area contributed by atoms with Crippen molar-refractivity contribution in [3.05, 3.63) is 58.1 Å². The Morgan fingerprint density at radius 3 is 2.70 bits per heavy atom. The van der Waals surface area contributed by atoms with Crippen LogP contribution < -0.4 is 15.2 Å². The largest absolute Gasteiger partial charge is 0.497 e. The molecule has 0 saturated heterocycles. The van der Waals surface area contributed by atoms with Crippen LogP contribution in [0.25, 0.3) is 0 Å². The first-order chi connectivity index (χ1) is 9.61. The van der Waals surface area contributed by atoms with Crippen molar-refractivity contribution in [2.45, 2.75) is 6.61 Å². The third-order valence-electron chi connectivity index (χ3n) is 2.77. The van der Waals surface area contributed by atoms with Crippen molar-refractivity contribution < 1.29 is 9.47 Å². The highest BCUT2D eigenvalue weighted by Crippen LogP contribution is 2.27. The molecule has 0 fully saturated rings. The number of rotatable bonds is 5. The van der Waals surface area contributed by atoms with Crippen molar-refractivity contribution in [2.75, 3.05) is 7.11 Å². The minimum Gasteiger partial charge on any atom is -0.497 e. The van der Waals surface area contributed by atoms with E-state index in [4.69, 9.17) is 20.6 Å². The highest BCUT2D eigenvalue weighted by atomic mass is 79.9. The van der Waals surface area contributed by atoms with Crippen molar-refractivity contribution in [1.82, 2.24) is 0 Å². The highest BCUT2D eigenvalue weighted by Gasteiger charge is 2.11. The lowest BCUT2D eigenvalue weighted by Gasteiger charge is -2.12. The summed E-state index contributed by atoms with van der Waals surface area (Å²) in [6.07, 6.45) is 0. The molecule has 0 amide bonds. The summed E-state index contributed by atoms with van der Waals surface area (Å²) in [4.78, 5) is 0. The van der Waals surface area contributed by atoms with E-state index in [0.29, 0.717) is 17.9 Å². The van der Waals surface area contributed by atoms with E-state index in [1.54, 1.807) is 13.2 Å². The fraction of sp³-hybridized carbons (Fsp3) is 0.133. The Bertz CT molecular complexity index is 629. The molecular formula is C15H15BrN2O2. The Morgan fingerprint density at radius 1 is 1.25 bits per heavy atom. The van der Waals surface area contributed by atoms with Crippen LogP contribution in [-0.2, 0) is 6.61 Å². The number of nitrogens with one attached hydrogen (secondary N) is 1. The number of amidine groups is 1. The number of halogens is 1. The zero-order valence-corrected chi connectivity index (χ0v) is 12.6. The van der Waals surface area contributed by atoms with Crippen LogP contribution in [0.1, 0.15) is 11.1 Å². The van der Waals surface area contributed by atoms with E-state index in [1.807, 2.05) is 36.4 Å². The zero-order chi connectivity index (χ0) is 14.5. The van der Waals surface area contributed by atoms with E-state index in [9.17, 15) is 0 Å². The quantitative estimate of drug-likeness (QED) is 0.651. The van der Waals surface area contributed by atoms with Gasteiger partial charge in [-0.1, -0.05) is 18.2 Å². The molecule has 0 aliphatic heterocycles. The molecular weight excluding hydrogens is 320 g/mol. The zero-order valence-electron chi connectivity index (χ0n) is 11.0. The highest BCUT2D eigenvalue weighted by molar-refractivity contribution is 9.10. The maximum atomic E-state index is 7.61. The molecule has 0 atom stereocenters. The standard InChI is InChI=1S/C15H15BrN2O2/c1-19-11-5-2-4-10(8-11)9-20-13-7-3-6-12(16)14(13)15(17)18/h2-8H,9H2,1H3,(H3,17,18). The van der Waals surface area contributed by atoms with Crippen molar-refractivity contribution >= 4 is 21.8 Å². The molecule has 0 heterocycles. The van der Waals surface area contributed by atoms with E-state index in [2.05, 4.69) is 15.9 Å². The molecule has 5 heteroatoms. The Kier molecular flexibility index (Phi) is 4.63. The Hall–Kier alpha value is -2.01. The summed E-state index contributed by atoms with van der Waals surface area (Å²) < 4.78 is 11.7. The molecule has 2 aromatic carbocycles. The average Bonchev–Trinajstić information content (AvgIpc) is 2.45. The Labute approximate surface area is 126 Å². The molecule has 0 saturated carbocycles. The van der Waals surface area contributed by atoms with Gasteiger partial charge >= 0.3 is 0 Å². The number of hydrogen-bond acceptors (Lipinski definition) is 3. The molecule has 0 spiro atoms. The van der Waals surface area contributed by atoms with Crippen LogP contribution in [0.15, 0.2) is 46.9 Å². The first-order valence-corrected chi connectivity index (χ1v) is 6.79. The fourth-order valence-electron chi connectivity index (χ4n) is 1.81. The second-order valence-electron chi connectivity index (χ2n) is 4.17. The summed E-state index contributed by atoms with van der Waals surface area (Å²) in [5.41, 5.74) is 7.13. The van der Waals surface area contributed by atoms with Crippen LogP contribution >= 0.6 is 15.9 Å². The lowest BCUT2D eigenvalue weighted by Crippen LogP contribution is -2.14. The van der Waals surface area contributed by atoms with E-state index < -0.39 is 0 Å². The summed E-state index contributed by atoms with van der Waals surface area (Å²) in [6.45, 7) is 0.383. The SMILES string of the molecule is COc1cccc(COc2cccc(Br)c2C(=N)N)c1. The maximum absolute atomic E-state index is 7.61. The van der Waals surface area contributed by atoms with Gasteiger partial charge in [-0.3, -0.25) is 5.41 Å². The monoisotopic (exact) mass is 334 g/mol. The molecule has 2 aromatic rings. The van der Waals surface area contributed by atoms with E-state index in [-0.39, 0.29) is 5.84 Å². The van der Waals surface area contributed by atoms with Gasteiger partial charge in [-0.2, -0.15) is 0 Å².